The van der Waals surface area contributed by atoms with Gasteiger partial charge >= 0.3 is 176 Å². The van der Waals surface area contributed by atoms with Crippen molar-refractivity contribution >= 4 is 48.3 Å². The fourth-order valence-electron chi connectivity index (χ4n) is 3.14. The van der Waals surface area contributed by atoms with Crippen LogP contribution in [0.5, 0.6) is 5.75 Å². The van der Waals surface area contributed by atoms with Crippen molar-refractivity contribution in [3.05, 3.63) is 34.5 Å². The van der Waals surface area contributed by atoms with E-state index >= 15 is 0 Å². The van der Waals surface area contributed by atoms with E-state index in [9.17, 15) is 20.1 Å². The standard InChI is InChI=1S/C19H27F2IN4O4S2/c1-10(2)13-7-12(30-22(20)21)8-14(11-5-6-11)16(13)25-18(27)26-32(23,29)15-9-24-17(31-15)19(3,4)28/h7-11,18,25,27-28H,5-6H2,1-4H3,(H2,23,26,29). The summed E-state index contributed by atoms with van der Waals surface area (Å²) in [5.41, 5.74) is 0.762. The quantitative estimate of drug-likeness (QED) is 0.235. The molecular formula is C19H27F2IN4O4S2. The number of hydrogen-bond acceptors (Lipinski definition) is 8. The molecule has 1 heterocycles. The first-order chi connectivity index (χ1) is 14.8. The van der Waals surface area contributed by atoms with E-state index in [2.05, 4.69) is 14.7 Å². The van der Waals surface area contributed by atoms with Gasteiger partial charge < -0.3 is 5.11 Å². The maximum atomic E-state index is 13.0. The number of anilines is 1. The average molecular weight is 604 g/mol. The fraction of sp³-hybridized carbons (Fsp3) is 0.526. The Labute approximate surface area is 199 Å². The molecular weight excluding hydrogens is 577 g/mol. The third-order valence-electron chi connectivity index (χ3n) is 4.79. The number of aromatic nitrogens is 1. The van der Waals surface area contributed by atoms with Crippen LogP contribution in [0.25, 0.3) is 0 Å². The van der Waals surface area contributed by atoms with Gasteiger partial charge in [-0.3, -0.25) is 0 Å². The van der Waals surface area contributed by atoms with Crippen molar-refractivity contribution in [1.82, 2.24) is 4.98 Å². The van der Waals surface area contributed by atoms with Crippen LogP contribution in [0, 0.1) is 0 Å². The van der Waals surface area contributed by atoms with Gasteiger partial charge in [0.05, 0.1) is 0 Å². The molecule has 1 fully saturated rings. The second kappa shape index (κ2) is 9.62. The Morgan fingerprint density at radius 1 is 1.41 bits per heavy atom. The number of aliphatic hydroxyl groups is 2. The number of aliphatic hydroxyl groups excluding tert-OH is 1. The molecule has 5 N–H and O–H groups in total. The second-order valence-corrected chi connectivity index (χ2v) is 12.9. The minimum atomic E-state index is -4.43. The Morgan fingerprint density at radius 2 is 2.06 bits per heavy atom. The van der Waals surface area contributed by atoms with Crippen LogP contribution in [0.15, 0.2) is 26.9 Å². The van der Waals surface area contributed by atoms with Crippen LogP contribution in [0.1, 0.15) is 68.5 Å². The number of benzene rings is 1. The summed E-state index contributed by atoms with van der Waals surface area (Å²) in [5, 5.41) is 29.7. The molecule has 0 bridgehead atoms. The molecule has 3 rings (SSSR count). The van der Waals surface area contributed by atoms with E-state index in [4.69, 9.17) is 8.21 Å². The number of hydrogen-bond donors (Lipinski definition) is 4. The summed E-state index contributed by atoms with van der Waals surface area (Å²) in [4.78, 5) is 4.04. The SMILES string of the molecule is CC(C)c1cc(OI(F)F)cc(C2CC2)c1NC(O)N=S(N)(=O)c1cnc(C(C)(C)O)s1. The first-order valence-electron chi connectivity index (χ1n) is 9.84. The van der Waals surface area contributed by atoms with Crippen LogP contribution in [-0.2, 0) is 15.5 Å². The third-order valence-corrected chi connectivity index (χ3v) is 8.89. The van der Waals surface area contributed by atoms with Crippen LogP contribution < -0.4 is 13.5 Å². The van der Waals surface area contributed by atoms with Crippen molar-refractivity contribution in [2.45, 2.75) is 68.5 Å². The minimum absolute atomic E-state index is 0.0645. The summed E-state index contributed by atoms with van der Waals surface area (Å²) in [6.45, 7) is 6.87. The third kappa shape index (κ3) is 6.26. The van der Waals surface area contributed by atoms with Gasteiger partial charge in [0.15, 0.2) is 0 Å². The number of nitrogens with zero attached hydrogens (tertiary/aromatic N) is 2. The molecule has 0 aliphatic heterocycles. The first-order valence-corrected chi connectivity index (χ1v) is 14.8. The van der Waals surface area contributed by atoms with E-state index in [1.54, 1.807) is 19.9 Å². The first kappa shape index (κ1) is 25.5. The summed E-state index contributed by atoms with van der Waals surface area (Å²) in [6, 6.07) is 3.11. The number of nitrogens with one attached hydrogen (secondary N) is 1. The normalized spacial score (nSPS) is 17.6. The maximum absolute atomic E-state index is 13.0. The molecule has 13 heteroatoms. The molecule has 32 heavy (non-hydrogen) atoms. The molecule has 1 aliphatic rings. The van der Waals surface area contributed by atoms with Gasteiger partial charge in [-0.2, -0.15) is 0 Å². The molecule has 0 amide bonds. The molecule has 0 saturated heterocycles. The number of nitrogens with two attached hydrogens (primary N) is 1. The molecule has 2 atom stereocenters. The average Bonchev–Trinajstić information content (AvgIpc) is 3.34. The summed E-state index contributed by atoms with van der Waals surface area (Å²) in [7, 11) is -3.50. The monoisotopic (exact) mass is 604 g/mol. The van der Waals surface area contributed by atoms with Crippen LogP contribution >= 0.6 is 32.7 Å². The molecule has 1 saturated carbocycles. The Kier molecular flexibility index (Phi) is 7.66. The van der Waals surface area contributed by atoms with E-state index < -0.39 is 43.2 Å². The summed E-state index contributed by atoms with van der Waals surface area (Å²) >= 11 is -3.48. The van der Waals surface area contributed by atoms with Crippen LogP contribution in [0.2, 0.25) is 0 Å². The van der Waals surface area contributed by atoms with Crippen molar-refractivity contribution in [3.63, 3.8) is 0 Å². The van der Waals surface area contributed by atoms with E-state index in [-0.39, 0.29) is 21.8 Å². The molecule has 8 nitrogen and oxygen atoms in total. The van der Waals surface area contributed by atoms with Gasteiger partial charge in [-0.15, -0.1) is 0 Å². The number of halogens is 3. The number of thiazole rings is 1. The van der Waals surface area contributed by atoms with E-state index in [0.717, 1.165) is 29.7 Å². The van der Waals surface area contributed by atoms with Gasteiger partial charge in [0, 0.05) is 0 Å². The van der Waals surface area contributed by atoms with E-state index in [1.807, 2.05) is 13.8 Å². The van der Waals surface area contributed by atoms with Gasteiger partial charge in [0.25, 0.3) is 0 Å². The Hall–Kier alpha value is -1.13. The molecule has 1 aromatic carbocycles. The van der Waals surface area contributed by atoms with E-state index in [1.165, 1.54) is 12.3 Å². The molecule has 1 aliphatic carbocycles. The Bertz CT molecular complexity index is 1070. The van der Waals surface area contributed by atoms with E-state index in [0.29, 0.717) is 16.3 Å². The zero-order chi connectivity index (χ0) is 23.8. The van der Waals surface area contributed by atoms with Crippen molar-refractivity contribution in [2.75, 3.05) is 5.32 Å². The van der Waals surface area contributed by atoms with Crippen molar-refractivity contribution < 1.29 is 23.2 Å². The Morgan fingerprint density at radius 3 is 2.56 bits per heavy atom. The molecule has 180 valence electrons. The van der Waals surface area contributed by atoms with Gasteiger partial charge in [-0.25, -0.2) is 0 Å². The van der Waals surface area contributed by atoms with Gasteiger partial charge in [0.2, 0.25) is 0 Å². The zero-order valence-electron chi connectivity index (χ0n) is 18.0. The van der Waals surface area contributed by atoms with Crippen molar-refractivity contribution in [2.24, 2.45) is 9.50 Å². The second-order valence-electron chi connectivity index (χ2n) is 8.39. The van der Waals surface area contributed by atoms with Crippen molar-refractivity contribution in [3.8, 4) is 5.75 Å². The predicted octanol–water partition coefficient (Wildman–Crippen LogP) is 5.03. The van der Waals surface area contributed by atoms with Gasteiger partial charge in [-0.05, 0) is 13.8 Å². The summed E-state index contributed by atoms with van der Waals surface area (Å²) in [6.07, 6.45) is 1.44. The molecule has 1 aromatic heterocycles. The fourth-order valence-corrected chi connectivity index (χ4v) is 5.93. The molecule has 2 aromatic rings. The predicted molar refractivity (Wildman–Crippen MR) is 129 cm³/mol. The van der Waals surface area contributed by atoms with Crippen molar-refractivity contribution in [1.29, 1.82) is 0 Å². The summed E-state index contributed by atoms with van der Waals surface area (Å²) in [5.74, 6) is 0.213. The van der Waals surface area contributed by atoms with Crippen LogP contribution in [0.4, 0.5) is 11.4 Å². The van der Waals surface area contributed by atoms with Crippen LogP contribution in [-0.4, -0.2) is 25.8 Å². The Balaban J connectivity index is 1.95. The zero-order valence-corrected chi connectivity index (χ0v) is 21.8. The summed E-state index contributed by atoms with van der Waals surface area (Å²) < 4.78 is 47.6. The molecule has 0 radical (unpaired) electrons. The van der Waals surface area contributed by atoms with Gasteiger partial charge in [-0.1, -0.05) is 0 Å². The molecule has 2 unspecified atom stereocenters. The topological polar surface area (TPSA) is 130 Å². The number of rotatable bonds is 9. The van der Waals surface area contributed by atoms with Crippen LogP contribution in [0.3, 0.4) is 0 Å². The van der Waals surface area contributed by atoms with Gasteiger partial charge in [0.1, 0.15) is 5.60 Å². The molecule has 0 spiro atoms.